The van der Waals surface area contributed by atoms with Crippen LogP contribution in [0.3, 0.4) is 0 Å². The van der Waals surface area contributed by atoms with Crippen molar-refractivity contribution < 1.29 is 31.2 Å². The molecular weight excluding hydrogens is 385 g/mol. The standard InChI is InChI=1S/C18H12F5N3O2/c19-12-4-5-14(13(20)9-12)24-15(27)6-7-16-25-26-17(28-16)10-2-1-3-11(8-10)18(21,22)23/h1-5,8-9H,6-7H2,(H,24,27). The molecule has 0 fully saturated rings. The number of anilines is 1. The summed E-state index contributed by atoms with van der Waals surface area (Å²) in [4.78, 5) is 11.9. The third-order valence-electron chi connectivity index (χ3n) is 3.67. The van der Waals surface area contributed by atoms with E-state index in [4.69, 9.17) is 4.42 Å². The van der Waals surface area contributed by atoms with Gasteiger partial charge in [-0.3, -0.25) is 4.79 Å². The maximum atomic E-state index is 13.5. The molecule has 0 saturated carbocycles. The second-order valence-corrected chi connectivity index (χ2v) is 5.75. The summed E-state index contributed by atoms with van der Waals surface area (Å²) in [7, 11) is 0. The maximum absolute atomic E-state index is 13.5. The molecule has 1 aromatic heterocycles. The Balaban J connectivity index is 1.63. The highest BCUT2D eigenvalue weighted by Crippen LogP contribution is 2.31. The third kappa shape index (κ3) is 4.70. The van der Waals surface area contributed by atoms with Crippen LogP contribution < -0.4 is 5.32 Å². The molecule has 0 aliphatic carbocycles. The van der Waals surface area contributed by atoms with E-state index in [1.807, 2.05) is 0 Å². The molecule has 28 heavy (non-hydrogen) atoms. The molecule has 0 radical (unpaired) electrons. The quantitative estimate of drug-likeness (QED) is 0.639. The first kappa shape index (κ1) is 19.5. The predicted molar refractivity (Wildman–Crippen MR) is 88.0 cm³/mol. The van der Waals surface area contributed by atoms with Crippen molar-refractivity contribution in [2.24, 2.45) is 0 Å². The molecular formula is C18H12F5N3O2. The number of benzene rings is 2. The molecule has 0 unspecified atom stereocenters. The third-order valence-corrected chi connectivity index (χ3v) is 3.67. The highest BCUT2D eigenvalue weighted by atomic mass is 19.4. The van der Waals surface area contributed by atoms with Crippen LogP contribution in [0.4, 0.5) is 27.6 Å². The minimum Gasteiger partial charge on any atom is -0.421 e. The fourth-order valence-electron chi connectivity index (χ4n) is 2.32. The summed E-state index contributed by atoms with van der Waals surface area (Å²) in [5, 5.41) is 9.64. The lowest BCUT2D eigenvalue weighted by atomic mass is 10.1. The molecule has 0 spiro atoms. The van der Waals surface area contributed by atoms with E-state index in [2.05, 4.69) is 15.5 Å². The van der Waals surface area contributed by atoms with Crippen LogP contribution in [0.15, 0.2) is 46.9 Å². The van der Waals surface area contributed by atoms with Crippen LogP contribution in [0.2, 0.25) is 0 Å². The van der Waals surface area contributed by atoms with Crippen molar-refractivity contribution in [2.75, 3.05) is 5.32 Å². The second-order valence-electron chi connectivity index (χ2n) is 5.75. The monoisotopic (exact) mass is 397 g/mol. The number of rotatable bonds is 5. The normalized spacial score (nSPS) is 11.5. The summed E-state index contributed by atoms with van der Waals surface area (Å²) in [6.45, 7) is 0. The summed E-state index contributed by atoms with van der Waals surface area (Å²) in [5.74, 6) is -2.36. The van der Waals surface area contributed by atoms with E-state index in [-0.39, 0.29) is 35.9 Å². The number of carbonyl (C=O) groups excluding carboxylic acids is 1. The van der Waals surface area contributed by atoms with E-state index in [0.29, 0.717) is 6.07 Å². The highest BCUT2D eigenvalue weighted by molar-refractivity contribution is 5.90. The summed E-state index contributed by atoms with van der Waals surface area (Å²) in [5.41, 5.74) is -0.946. The van der Waals surface area contributed by atoms with Crippen LogP contribution in [-0.4, -0.2) is 16.1 Å². The Kier molecular flexibility index (Phi) is 5.39. The zero-order valence-electron chi connectivity index (χ0n) is 14.1. The average Bonchev–Trinajstić information content (AvgIpc) is 3.11. The van der Waals surface area contributed by atoms with Crippen LogP contribution in [0.1, 0.15) is 17.9 Å². The van der Waals surface area contributed by atoms with Crippen LogP contribution in [-0.2, 0) is 17.4 Å². The minimum absolute atomic E-state index is 0.0133. The zero-order valence-corrected chi connectivity index (χ0v) is 14.1. The van der Waals surface area contributed by atoms with Gasteiger partial charge in [0.2, 0.25) is 17.7 Å². The Bertz CT molecular complexity index is 1000. The molecule has 1 N–H and O–H groups in total. The van der Waals surface area contributed by atoms with E-state index >= 15 is 0 Å². The van der Waals surface area contributed by atoms with Crippen LogP contribution >= 0.6 is 0 Å². The lowest BCUT2D eigenvalue weighted by Crippen LogP contribution is -2.13. The van der Waals surface area contributed by atoms with Gasteiger partial charge in [-0.05, 0) is 30.3 Å². The van der Waals surface area contributed by atoms with Crippen molar-refractivity contribution in [3.05, 3.63) is 65.6 Å². The zero-order chi connectivity index (χ0) is 20.3. The predicted octanol–water partition coefficient (Wildman–Crippen LogP) is 4.60. The number of aryl methyl sites for hydroxylation is 1. The van der Waals surface area contributed by atoms with Gasteiger partial charge in [0.15, 0.2) is 0 Å². The number of nitrogens with one attached hydrogen (secondary N) is 1. The van der Waals surface area contributed by atoms with Crippen molar-refractivity contribution in [3.8, 4) is 11.5 Å². The van der Waals surface area contributed by atoms with Gasteiger partial charge in [-0.2, -0.15) is 13.2 Å². The number of hydrogen-bond acceptors (Lipinski definition) is 4. The first-order valence-corrected chi connectivity index (χ1v) is 7.97. The molecule has 2 aromatic carbocycles. The van der Waals surface area contributed by atoms with Crippen LogP contribution in [0, 0.1) is 11.6 Å². The van der Waals surface area contributed by atoms with E-state index in [1.165, 1.54) is 12.1 Å². The van der Waals surface area contributed by atoms with Crippen LogP contribution in [0.25, 0.3) is 11.5 Å². The molecule has 0 saturated heterocycles. The van der Waals surface area contributed by atoms with Gasteiger partial charge < -0.3 is 9.73 Å². The molecule has 0 aliphatic heterocycles. The van der Waals surface area contributed by atoms with Crippen molar-refractivity contribution in [2.45, 2.75) is 19.0 Å². The molecule has 3 rings (SSSR count). The number of amides is 1. The Morgan fingerprint density at radius 2 is 1.86 bits per heavy atom. The smallest absolute Gasteiger partial charge is 0.416 e. The largest absolute Gasteiger partial charge is 0.421 e. The number of nitrogens with zero attached hydrogens (tertiary/aromatic N) is 2. The SMILES string of the molecule is O=C(CCc1nnc(-c2cccc(C(F)(F)F)c2)o1)Nc1ccc(F)cc1F. The number of aromatic nitrogens is 2. The van der Waals surface area contributed by atoms with Gasteiger partial charge in [0.1, 0.15) is 11.6 Å². The molecule has 0 aliphatic rings. The molecule has 10 heteroatoms. The van der Waals surface area contributed by atoms with Gasteiger partial charge in [0.05, 0.1) is 11.3 Å². The van der Waals surface area contributed by atoms with E-state index in [9.17, 15) is 26.7 Å². The number of alkyl halides is 3. The lowest BCUT2D eigenvalue weighted by molar-refractivity contribution is -0.137. The van der Waals surface area contributed by atoms with E-state index in [1.54, 1.807) is 0 Å². The maximum Gasteiger partial charge on any atom is 0.416 e. The topological polar surface area (TPSA) is 68.0 Å². The van der Waals surface area contributed by atoms with Gasteiger partial charge in [-0.1, -0.05) is 6.07 Å². The Labute approximate surface area is 155 Å². The molecule has 1 amide bonds. The molecule has 0 atom stereocenters. The molecule has 0 bridgehead atoms. The lowest BCUT2D eigenvalue weighted by Gasteiger charge is -2.06. The van der Waals surface area contributed by atoms with E-state index < -0.39 is 29.3 Å². The highest BCUT2D eigenvalue weighted by Gasteiger charge is 2.30. The van der Waals surface area contributed by atoms with E-state index in [0.717, 1.165) is 24.3 Å². The molecule has 3 aromatic rings. The molecule has 146 valence electrons. The van der Waals surface area contributed by atoms with Gasteiger partial charge in [0, 0.05) is 24.5 Å². The number of carbonyl (C=O) groups is 1. The first-order chi connectivity index (χ1) is 13.2. The van der Waals surface area contributed by atoms with Gasteiger partial charge >= 0.3 is 6.18 Å². The van der Waals surface area contributed by atoms with Gasteiger partial charge in [-0.25, -0.2) is 8.78 Å². The fourth-order valence-corrected chi connectivity index (χ4v) is 2.32. The van der Waals surface area contributed by atoms with Gasteiger partial charge in [0.25, 0.3) is 0 Å². The van der Waals surface area contributed by atoms with Gasteiger partial charge in [-0.15, -0.1) is 10.2 Å². The second kappa shape index (κ2) is 7.75. The fraction of sp³-hybridized carbons (Fsp3) is 0.167. The number of halogens is 5. The average molecular weight is 397 g/mol. The van der Waals surface area contributed by atoms with Crippen molar-refractivity contribution in [1.29, 1.82) is 0 Å². The number of hydrogen-bond donors (Lipinski definition) is 1. The summed E-state index contributed by atoms with van der Waals surface area (Å²) in [6, 6.07) is 7.11. The Hall–Kier alpha value is -3.30. The molecule has 1 heterocycles. The van der Waals surface area contributed by atoms with Crippen molar-refractivity contribution >= 4 is 11.6 Å². The van der Waals surface area contributed by atoms with Crippen LogP contribution in [0.5, 0.6) is 0 Å². The minimum atomic E-state index is -4.51. The first-order valence-electron chi connectivity index (χ1n) is 7.97. The summed E-state index contributed by atoms with van der Waals surface area (Å²) < 4.78 is 69.9. The summed E-state index contributed by atoms with van der Waals surface area (Å²) in [6.07, 6.45) is -4.67. The Morgan fingerprint density at radius 1 is 1.07 bits per heavy atom. The van der Waals surface area contributed by atoms with Crippen molar-refractivity contribution in [1.82, 2.24) is 10.2 Å². The van der Waals surface area contributed by atoms with Crippen molar-refractivity contribution in [3.63, 3.8) is 0 Å². The Morgan fingerprint density at radius 3 is 2.57 bits per heavy atom. The molecule has 5 nitrogen and oxygen atoms in total. The summed E-state index contributed by atoms with van der Waals surface area (Å²) >= 11 is 0.